The summed E-state index contributed by atoms with van der Waals surface area (Å²) in [5.74, 6) is 0.984. The molecule has 2 rings (SSSR count). The topological polar surface area (TPSA) is 67.8 Å². The number of hydrogen-bond donors (Lipinski definition) is 1. The van der Waals surface area contributed by atoms with Gasteiger partial charge in [-0.2, -0.15) is 0 Å². The third kappa shape index (κ3) is 2.88. The SMILES string of the molecule is CCc1cc(NC(=O)c2ccncc2)nc(C)n1. The predicted molar refractivity (Wildman–Crippen MR) is 68.3 cm³/mol. The molecule has 0 aliphatic rings. The summed E-state index contributed by atoms with van der Waals surface area (Å²) >= 11 is 0. The maximum Gasteiger partial charge on any atom is 0.256 e. The fourth-order valence-electron chi connectivity index (χ4n) is 1.57. The van der Waals surface area contributed by atoms with Crippen LogP contribution in [0.25, 0.3) is 0 Å². The Balaban J connectivity index is 2.19. The molecule has 0 radical (unpaired) electrons. The van der Waals surface area contributed by atoms with E-state index in [-0.39, 0.29) is 5.91 Å². The molecule has 0 spiro atoms. The molecule has 2 aromatic heterocycles. The van der Waals surface area contributed by atoms with Gasteiger partial charge < -0.3 is 5.32 Å². The molecule has 92 valence electrons. The zero-order chi connectivity index (χ0) is 13.0. The van der Waals surface area contributed by atoms with Crippen molar-refractivity contribution in [3.8, 4) is 0 Å². The van der Waals surface area contributed by atoms with Gasteiger partial charge in [0, 0.05) is 29.7 Å². The number of rotatable bonds is 3. The van der Waals surface area contributed by atoms with Gasteiger partial charge >= 0.3 is 0 Å². The molecular formula is C13H14N4O. The summed E-state index contributed by atoms with van der Waals surface area (Å²) in [4.78, 5) is 24.2. The van der Waals surface area contributed by atoms with Crippen molar-refractivity contribution in [2.24, 2.45) is 0 Å². The first kappa shape index (κ1) is 12.2. The number of aromatic nitrogens is 3. The quantitative estimate of drug-likeness (QED) is 0.893. The number of hydrogen-bond acceptors (Lipinski definition) is 4. The first-order valence-corrected chi connectivity index (χ1v) is 5.75. The van der Waals surface area contributed by atoms with Gasteiger partial charge in [-0.1, -0.05) is 6.92 Å². The van der Waals surface area contributed by atoms with Crippen molar-refractivity contribution < 1.29 is 4.79 Å². The molecular weight excluding hydrogens is 228 g/mol. The molecule has 5 nitrogen and oxygen atoms in total. The normalized spacial score (nSPS) is 10.1. The standard InChI is InChI=1S/C13H14N4O/c1-3-11-8-12(16-9(2)15-11)17-13(18)10-4-6-14-7-5-10/h4-8H,3H2,1-2H3,(H,15,16,17,18). The Hall–Kier alpha value is -2.30. The number of carbonyl (C=O) groups excluding carboxylic acids is 1. The summed E-state index contributed by atoms with van der Waals surface area (Å²) in [6.45, 7) is 3.82. The fourth-order valence-corrected chi connectivity index (χ4v) is 1.57. The molecule has 0 aliphatic heterocycles. The van der Waals surface area contributed by atoms with Crippen molar-refractivity contribution in [3.05, 3.63) is 47.7 Å². The van der Waals surface area contributed by atoms with Crippen LogP contribution in [0.3, 0.4) is 0 Å². The third-order valence-corrected chi connectivity index (χ3v) is 2.44. The van der Waals surface area contributed by atoms with E-state index >= 15 is 0 Å². The van der Waals surface area contributed by atoms with E-state index in [0.717, 1.165) is 12.1 Å². The van der Waals surface area contributed by atoms with Gasteiger partial charge in [-0.3, -0.25) is 9.78 Å². The highest BCUT2D eigenvalue weighted by molar-refractivity contribution is 6.03. The van der Waals surface area contributed by atoms with Crippen LogP contribution in [-0.2, 0) is 6.42 Å². The highest BCUT2D eigenvalue weighted by atomic mass is 16.1. The van der Waals surface area contributed by atoms with Crippen LogP contribution in [0.4, 0.5) is 5.82 Å². The highest BCUT2D eigenvalue weighted by Crippen LogP contribution is 2.09. The number of anilines is 1. The lowest BCUT2D eigenvalue weighted by Crippen LogP contribution is -2.14. The number of pyridine rings is 1. The highest BCUT2D eigenvalue weighted by Gasteiger charge is 2.07. The molecule has 0 aromatic carbocycles. The van der Waals surface area contributed by atoms with Crippen LogP contribution >= 0.6 is 0 Å². The second-order valence-electron chi connectivity index (χ2n) is 3.84. The molecule has 5 heteroatoms. The predicted octanol–water partition coefficient (Wildman–Crippen LogP) is 1.99. The van der Waals surface area contributed by atoms with E-state index in [1.165, 1.54) is 0 Å². The summed E-state index contributed by atoms with van der Waals surface area (Å²) < 4.78 is 0. The van der Waals surface area contributed by atoms with Crippen molar-refractivity contribution >= 4 is 11.7 Å². The van der Waals surface area contributed by atoms with E-state index in [0.29, 0.717) is 17.2 Å². The Labute approximate surface area is 105 Å². The van der Waals surface area contributed by atoms with Crippen LogP contribution in [0, 0.1) is 6.92 Å². The largest absolute Gasteiger partial charge is 0.306 e. The first-order chi connectivity index (χ1) is 8.69. The Morgan fingerprint density at radius 2 is 2.00 bits per heavy atom. The monoisotopic (exact) mass is 242 g/mol. The van der Waals surface area contributed by atoms with Gasteiger partial charge in [0.15, 0.2) is 0 Å². The van der Waals surface area contributed by atoms with Gasteiger partial charge in [0.05, 0.1) is 0 Å². The number of nitrogens with zero attached hydrogens (tertiary/aromatic N) is 3. The van der Waals surface area contributed by atoms with Gasteiger partial charge in [0.1, 0.15) is 11.6 Å². The molecule has 1 N–H and O–H groups in total. The zero-order valence-corrected chi connectivity index (χ0v) is 10.3. The fraction of sp³-hybridized carbons (Fsp3) is 0.231. The average molecular weight is 242 g/mol. The van der Waals surface area contributed by atoms with E-state index in [9.17, 15) is 4.79 Å². The Kier molecular flexibility index (Phi) is 3.62. The lowest BCUT2D eigenvalue weighted by molar-refractivity contribution is 0.102. The number of carbonyl (C=O) groups is 1. The number of amides is 1. The molecule has 18 heavy (non-hydrogen) atoms. The van der Waals surface area contributed by atoms with E-state index in [4.69, 9.17) is 0 Å². The van der Waals surface area contributed by atoms with Crippen LogP contribution in [-0.4, -0.2) is 20.9 Å². The van der Waals surface area contributed by atoms with Gasteiger partial charge in [0.25, 0.3) is 5.91 Å². The van der Waals surface area contributed by atoms with Crippen LogP contribution in [0.5, 0.6) is 0 Å². The zero-order valence-electron chi connectivity index (χ0n) is 10.3. The van der Waals surface area contributed by atoms with Crippen LogP contribution in [0.15, 0.2) is 30.6 Å². The Bertz CT molecular complexity index is 554. The van der Waals surface area contributed by atoms with Crippen LogP contribution < -0.4 is 5.32 Å². The summed E-state index contributed by atoms with van der Waals surface area (Å²) in [5, 5.41) is 2.76. The number of aryl methyl sites for hydroxylation is 2. The first-order valence-electron chi connectivity index (χ1n) is 5.75. The van der Waals surface area contributed by atoms with Crippen LogP contribution in [0.2, 0.25) is 0 Å². The summed E-state index contributed by atoms with van der Waals surface area (Å²) in [5.41, 5.74) is 1.46. The van der Waals surface area contributed by atoms with E-state index in [1.54, 1.807) is 37.5 Å². The third-order valence-electron chi connectivity index (χ3n) is 2.44. The molecule has 1 amide bonds. The molecule has 0 aliphatic carbocycles. The molecule has 0 atom stereocenters. The molecule has 0 saturated heterocycles. The van der Waals surface area contributed by atoms with E-state index < -0.39 is 0 Å². The smallest absolute Gasteiger partial charge is 0.256 e. The second kappa shape index (κ2) is 5.35. The lowest BCUT2D eigenvalue weighted by Gasteiger charge is -2.06. The molecule has 0 saturated carbocycles. The van der Waals surface area contributed by atoms with Crippen LogP contribution in [0.1, 0.15) is 28.8 Å². The van der Waals surface area contributed by atoms with Crippen molar-refractivity contribution in [2.45, 2.75) is 20.3 Å². The maximum absolute atomic E-state index is 11.9. The molecule has 0 bridgehead atoms. The minimum Gasteiger partial charge on any atom is -0.306 e. The minimum atomic E-state index is -0.197. The molecule has 0 unspecified atom stereocenters. The molecule has 2 aromatic rings. The lowest BCUT2D eigenvalue weighted by atomic mass is 10.2. The summed E-state index contributed by atoms with van der Waals surface area (Å²) in [7, 11) is 0. The van der Waals surface area contributed by atoms with Crippen molar-refractivity contribution in [2.75, 3.05) is 5.32 Å². The van der Waals surface area contributed by atoms with Gasteiger partial charge in [-0.05, 0) is 25.5 Å². The summed E-state index contributed by atoms with van der Waals surface area (Å²) in [6, 6.07) is 5.10. The Morgan fingerprint density at radius 3 is 2.67 bits per heavy atom. The average Bonchev–Trinajstić information content (AvgIpc) is 2.39. The maximum atomic E-state index is 11.9. The number of nitrogens with one attached hydrogen (secondary N) is 1. The minimum absolute atomic E-state index is 0.197. The van der Waals surface area contributed by atoms with Crippen molar-refractivity contribution in [3.63, 3.8) is 0 Å². The van der Waals surface area contributed by atoms with Crippen molar-refractivity contribution in [1.29, 1.82) is 0 Å². The van der Waals surface area contributed by atoms with E-state index in [1.807, 2.05) is 6.92 Å². The second-order valence-corrected chi connectivity index (χ2v) is 3.84. The van der Waals surface area contributed by atoms with Gasteiger partial charge in [-0.25, -0.2) is 9.97 Å². The van der Waals surface area contributed by atoms with Gasteiger partial charge in [0.2, 0.25) is 0 Å². The van der Waals surface area contributed by atoms with E-state index in [2.05, 4.69) is 20.3 Å². The molecule has 0 fully saturated rings. The van der Waals surface area contributed by atoms with Gasteiger partial charge in [-0.15, -0.1) is 0 Å². The molecule has 2 heterocycles. The summed E-state index contributed by atoms with van der Waals surface area (Å²) in [6.07, 6.45) is 3.97. The van der Waals surface area contributed by atoms with Crippen molar-refractivity contribution in [1.82, 2.24) is 15.0 Å². The Morgan fingerprint density at radius 1 is 1.28 bits per heavy atom.